The Morgan fingerprint density at radius 1 is 1.07 bits per heavy atom. The van der Waals surface area contributed by atoms with Crippen LogP contribution in [0, 0.1) is 5.92 Å². The monoisotopic (exact) mass is 374 g/mol. The van der Waals surface area contributed by atoms with Gasteiger partial charge in [0.15, 0.2) is 0 Å². The zero-order valence-electron chi connectivity index (χ0n) is 16.2. The van der Waals surface area contributed by atoms with E-state index in [1.54, 1.807) is 12.0 Å². The van der Waals surface area contributed by atoms with Crippen LogP contribution in [0.1, 0.15) is 38.5 Å². The van der Waals surface area contributed by atoms with Crippen molar-refractivity contribution in [3.63, 3.8) is 0 Å². The van der Waals surface area contributed by atoms with Crippen LogP contribution in [-0.4, -0.2) is 61.5 Å². The largest absolute Gasteiger partial charge is 0.497 e. The Morgan fingerprint density at radius 3 is 2.63 bits per heavy atom. The maximum absolute atomic E-state index is 12.7. The molecule has 1 aromatic carbocycles. The summed E-state index contributed by atoms with van der Waals surface area (Å²) < 4.78 is 11.1. The summed E-state index contributed by atoms with van der Waals surface area (Å²) in [7, 11) is 1.64. The highest BCUT2D eigenvalue weighted by atomic mass is 16.5. The van der Waals surface area contributed by atoms with E-state index in [1.807, 2.05) is 29.2 Å². The molecule has 0 aromatic heterocycles. The minimum atomic E-state index is 0.0689. The molecule has 0 bridgehead atoms. The van der Waals surface area contributed by atoms with Gasteiger partial charge in [0.05, 0.1) is 20.3 Å². The molecule has 2 saturated heterocycles. The number of hydrogen-bond acceptors (Lipinski definition) is 4. The molecule has 1 atom stereocenters. The number of amides is 2. The van der Waals surface area contributed by atoms with Crippen LogP contribution < -0.4 is 9.47 Å². The van der Waals surface area contributed by atoms with E-state index in [9.17, 15) is 9.59 Å². The van der Waals surface area contributed by atoms with Crippen LogP contribution in [0.4, 0.5) is 0 Å². The number of nitrogens with zero attached hydrogens (tertiary/aromatic N) is 2. The fourth-order valence-corrected chi connectivity index (χ4v) is 3.78. The summed E-state index contributed by atoms with van der Waals surface area (Å²) in [6.07, 6.45) is 5.63. The molecule has 0 spiro atoms. The maximum atomic E-state index is 12.7. The van der Waals surface area contributed by atoms with E-state index in [1.165, 1.54) is 0 Å². The molecule has 2 aliphatic heterocycles. The topological polar surface area (TPSA) is 59.1 Å². The number of methoxy groups -OCH3 is 1. The average molecular weight is 374 g/mol. The minimum absolute atomic E-state index is 0.0689. The van der Waals surface area contributed by atoms with Crippen molar-refractivity contribution in [1.82, 2.24) is 9.80 Å². The first-order valence-electron chi connectivity index (χ1n) is 9.98. The van der Waals surface area contributed by atoms with Crippen LogP contribution >= 0.6 is 0 Å². The van der Waals surface area contributed by atoms with Gasteiger partial charge in [0.1, 0.15) is 11.5 Å². The van der Waals surface area contributed by atoms with Crippen molar-refractivity contribution in [3.05, 3.63) is 24.3 Å². The lowest BCUT2D eigenvalue weighted by Crippen LogP contribution is -2.47. The second-order valence-electron chi connectivity index (χ2n) is 7.46. The summed E-state index contributed by atoms with van der Waals surface area (Å²) in [5, 5.41) is 0. The lowest BCUT2D eigenvalue weighted by Gasteiger charge is -2.34. The second-order valence-corrected chi connectivity index (χ2v) is 7.46. The summed E-state index contributed by atoms with van der Waals surface area (Å²) in [6.45, 7) is 3.02. The first-order chi connectivity index (χ1) is 13.2. The standard InChI is InChI=1S/C21H30N2O4/c1-26-18-8-10-19(11-9-18)27-16-17-6-5-13-22(14-17)21(25)15-23-12-4-2-3-7-20(23)24/h8-11,17H,2-7,12-16H2,1H3/t17-/m0/s1. The van der Waals surface area contributed by atoms with Gasteiger partial charge in [-0.1, -0.05) is 6.42 Å². The van der Waals surface area contributed by atoms with Crippen LogP contribution in [0.2, 0.25) is 0 Å². The summed E-state index contributed by atoms with van der Waals surface area (Å²) in [5.41, 5.74) is 0. The van der Waals surface area contributed by atoms with E-state index in [0.717, 1.165) is 50.1 Å². The average Bonchev–Trinajstić information content (AvgIpc) is 2.91. The number of rotatable bonds is 6. The van der Waals surface area contributed by atoms with Crippen LogP contribution in [0.15, 0.2) is 24.3 Å². The molecule has 0 unspecified atom stereocenters. The molecule has 3 rings (SSSR count). The smallest absolute Gasteiger partial charge is 0.242 e. The lowest BCUT2D eigenvalue weighted by molar-refractivity contribution is -0.141. The molecule has 6 heteroatoms. The van der Waals surface area contributed by atoms with Crippen LogP contribution in [0.3, 0.4) is 0 Å². The molecule has 6 nitrogen and oxygen atoms in total. The Kier molecular flexibility index (Phi) is 6.96. The Balaban J connectivity index is 1.47. The van der Waals surface area contributed by atoms with Gasteiger partial charge in [-0.25, -0.2) is 0 Å². The number of hydrogen-bond donors (Lipinski definition) is 0. The van der Waals surface area contributed by atoms with Crippen molar-refractivity contribution in [2.45, 2.75) is 38.5 Å². The number of benzene rings is 1. The highest BCUT2D eigenvalue weighted by Gasteiger charge is 2.27. The lowest BCUT2D eigenvalue weighted by atomic mass is 9.99. The van der Waals surface area contributed by atoms with E-state index in [2.05, 4.69) is 0 Å². The van der Waals surface area contributed by atoms with E-state index >= 15 is 0 Å². The van der Waals surface area contributed by atoms with Crippen molar-refractivity contribution in [2.75, 3.05) is 39.9 Å². The number of carbonyl (C=O) groups is 2. The number of carbonyl (C=O) groups excluding carboxylic acids is 2. The van der Waals surface area contributed by atoms with E-state index in [4.69, 9.17) is 9.47 Å². The molecule has 0 radical (unpaired) electrons. The predicted octanol–water partition coefficient (Wildman–Crippen LogP) is 2.72. The minimum Gasteiger partial charge on any atom is -0.497 e. The molecule has 27 heavy (non-hydrogen) atoms. The molecule has 2 aliphatic rings. The molecular formula is C21H30N2O4. The Morgan fingerprint density at radius 2 is 1.85 bits per heavy atom. The molecule has 0 saturated carbocycles. The van der Waals surface area contributed by atoms with E-state index < -0.39 is 0 Å². The summed E-state index contributed by atoms with van der Waals surface area (Å²) in [4.78, 5) is 28.5. The molecule has 0 N–H and O–H groups in total. The second kappa shape index (κ2) is 9.62. The first-order valence-corrected chi connectivity index (χ1v) is 9.98. The van der Waals surface area contributed by atoms with Crippen LogP contribution in [0.25, 0.3) is 0 Å². The van der Waals surface area contributed by atoms with Crippen molar-refractivity contribution in [3.8, 4) is 11.5 Å². The molecule has 0 aliphatic carbocycles. The first kappa shape index (κ1) is 19.5. The zero-order valence-corrected chi connectivity index (χ0v) is 16.2. The van der Waals surface area contributed by atoms with Crippen molar-refractivity contribution >= 4 is 11.8 Å². The van der Waals surface area contributed by atoms with Gasteiger partial charge < -0.3 is 19.3 Å². The SMILES string of the molecule is COc1ccc(OC[C@H]2CCCN(C(=O)CN3CCCCCC3=O)C2)cc1. The van der Waals surface area contributed by atoms with Gasteiger partial charge in [-0.3, -0.25) is 9.59 Å². The van der Waals surface area contributed by atoms with Crippen molar-refractivity contribution in [2.24, 2.45) is 5.92 Å². The Hall–Kier alpha value is -2.24. The predicted molar refractivity (Wildman–Crippen MR) is 103 cm³/mol. The van der Waals surface area contributed by atoms with Gasteiger partial charge in [0, 0.05) is 32.0 Å². The number of likely N-dealkylation sites (tertiary alicyclic amines) is 2. The molecule has 2 fully saturated rings. The van der Waals surface area contributed by atoms with Crippen molar-refractivity contribution < 1.29 is 19.1 Å². The summed E-state index contributed by atoms with van der Waals surface area (Å²) in [5.74, 6) is 2.13. The highest BCUT2D eigenvalue weighted by molar-refractivity contribution is 5.85. The Bertz CT molecular complexity index is 632. The third-order valence-corrected chi connectivity index (χ3v) is 5.41. The number of ether oxygens (including phenoxy) is 2. The normalized spacial score (nSPS) is 20.9. The summed E-state index contributed by atoms with van der Waals surface area (Å²) in [6, 6.07) is 7.56. The molecule has 1 aromatic rings. The van der Waals surface area contributed by atoms with Crippen LogP contribution in [0.5, 0.6) is 11.5 Å². The quantitative estimate of drug-likeness (QED) is 0.768. The van der Waals surface area contributed by atoms with Gasteiger partial charge in [-0.2, -0.15) is 0 Å². The van der Waals surface area contributed by atoms with Crippen molar-refractivity contribution in [1.29, 1.82) is 0 Å². The van der Waals surface area contributed by atoms with Gasteiger partial charge >= 0.3 is 0 Å². The zero-order chi connectivity index (χ0) is 19.1. The van der Waals surface area contributed by atoms with Gasteiger partial charge in [-0.05, 0) is 49.9 Å². The van der Waals surface area contributed by atoms with E-state index in [-0.39, 0.29) is 18.4 Å². The molecule has 148 valence electrons. The Labute approximate surface area is 161 Å². The van der Waals surface area contributed by atoms with Gasteiger partial charge in [0.25, 0.3) is 0 Å². The fraction of sp³-hybridized carbons (Fsp3) is 0.619. The maximum Gasteiger partial charge on any atom is 0.242 e. The van der Waals surface area contributed by atoms with Gasteiger partial charge in [-0.15, -0.1) is 0 Å². The fourth-order valence-electron chi connectivity index (χ4n) is 3.78. The number of piperidine rings is 1. The van der Waals surface area contributed by atoms with Crippen LogP contribution in [-0.2, 0) is 9.59 Å². The third-order valence-electron chi connectivity index (χ3n) is 5.41. The molecule has 2 amide bonds. The van der Waals surface area contributed by atoms with Gasteiger partial charge in [0.2, 0.25) is 11.8 Å². The molecule has 2 heterocycles. The highest BCUT2D eigenvalue weighted by Crippen LogP contribution is 2.21. The third kappa shape index (κ3) is 5.62. The summed E-state index contributed by atoms with van der Waals surface area (Å²) >= 11 is 0. The molecular weight excluding hydrogens is 344 g/mol. The van der Waals surface area contributed by atoms with E-state index in [0.29, 0.717) is 32.0 Å².